The first-order valence-corrected chi connectivity index (χ1v) is 4.92. The van der Waals surface area contributed by atoms with E-state index in [0.717, 1.165) is 12.2 Å². The molecule has 0 unspecified atom stereocenters. The van der Waals surface area contributed by atoms with Crippen LogP contribution in [0, 0.1) is 0 Å². The van der Waals surface area contributed by atoms with Crippen LogP contribution in [0.2, 0.25) is 0 Å². The van der Waals surface area contributed by atoms with Gasteiger partial charge in [-0.05, 0) is 12.2 Å². The van der Waals surface area contributed by atoms with Gasteiger partial charge in [0.1, 0.15) is 0 Å². The molecule has 0 bridgehead atoms. The predicted molar refractivity (Wildman–Crippen MR) is 47.7 cm³/mol. The molecule has 0 aliphatic rings. The van der Waals surface area contributed by atoms with E-state index in [-0.39, 0.29) is 12.5 Å². The molecule has 0 fully saturated rings. The van der Waals surface area contributed by atoms with E-state index >= 15 is 0 Å². The Balaban J connectivity index is 3.09. The van der Waals surface area contributed by atoms with Crippen molar-refractivity contribution in [2.45, 2.75) is 13.3 Å². The summed E-state index contributed by atoms with van der Waals surface area (Å²) in [5.41, 5.74) is 0. The zero-order valence-corrected chi connectivity index (χ0v) is 7.62. The number of amides is 1. The summed E-state index contributed by atoms with van der Waals surface area (Å²) >= 11 is 1.62. The van der Waals surface area contributed by atoms with E-state index in [4.69, 9.17) is 5.11 Å². The van der Waals surface area contributed by atoms with Crippen molar-refractivity contribution in [3.63, 3.8) is 0 Å². The highest BCUT2D eigenvalue weighted by Gasteiger charge is 1.97. The zero-order valence-electron chi connectivity index (χ0n) is 6.80. The van der Waals surface area contributed by atoms with Gasteiger partial charge in [-0.3, -0.25) is 4.79 Å². The van der Waals surface area contributed by atoms with E-state index in [2.05, 4.69) is 12.2 Å². The van der Waals surface area contributed by atoms with Crippen molar-refractivity contribution in [2.75, 3.05) is 24.7 Å². The number of carbonyl (C=O) groups is 1. The van der Waals surface area contributed by atoms with Gasteiger partial charge in [0.15, 0.2) is 0 Å². The Morgan fingerprint density at radius 2 is 2.36 bits per heavy atom. The molecule has 0 aromatic heterocycles. The molecule has 0 saturated heterocycles. The van der Waals surface area contributed by atoms with Gasteiger partial charge < -0.3 is 10.4 Å². The first-order valence-electron chi connectivity index (χ1n) is 3.76. The first-order chi connectivity index (χ1) is 5.31. The zero-order chi connectivity index (χ0) is 8.53. The molecule has 0 rings (SSSR count). The molecule has 0 radical (unpaired) electrons. The molecule has 66 valence electrons. The highest BCUT2D eigenvalue weighted by molar-refractivity contribution is 7.99. The lowest BCUT2D eigenvalue weighted by molar-refractivity contribution is -0.118. The fourth-order valence-electron chi connectivity index (χ4n) is 0.556. The molecule has 2 N–H and O–H groups in total. The minimum atomic E-state index is 0.0116. The molecule has 11 heavy (non-hydrogen) atoms. The van der Waals surface area contributed by atoms with Crippen molar-refractivity contribution in [1.82, 2.24) is 5.32 Å². The smallest absolute Gasteiger partial charge is 0.230 e. The van der Waals surface area contributed by atoms with Crippen molar-refractivity contribution in [2.24, 2.45) is 0 Å². The molecule has 3 nitrogen and oxygen atoms in total. The van der Waals surface area contributed by atoms with Gasteiger partial charge in [0.2, 0.25) is 5.91 Å². The molecule has 0 spiro atoms. The van der Waals surface area contributed by atoms with Crippen LogP contribution in [0.25, 0.3) is 0 Å². The van der Waals surface area contributed by atoms with E-state index in [9.17, 15) is 4.79 Å². The molecule has 1 amide bonds. The normalized spacial score (nSPS) is 9.64. The van der Waals surface area contributed by atoms with Gasteiger partial charge in [0.25, 0.3) is 0 Å². The van der Waals surface area contributed by atoms with Crippen molar-refractivity contribution in [3.8, 4) is 0 Å². The number of hydrogen-bond donors (Lipinski definition) is 2. The van der Waals surface area contributed by atoms with Gasteiger partial charge in [-0.1, -0.05) is 6.92 Å². The van der Waals surface area contributed by atoms with Crippen molar-refractivity contribution in [1.29, 1.82) is 0 Å². The SMILES string of the molecule is CCCSCC(=O)NCCO. The summed E-state index contributed by atoms with van der Waals surface area (Å²) in [5.74, 6) is 1.54. The topological polar surface area (TPSA) is 49.3 Å². The van der Waals surface area contributed by atoms with Crippen LogP contribution in [0.15, 0.2) is 0 Å². The lowest BCUT2D eigenvalue weighted by Crippen LogP contribution is -2.27. The van der Waals surface area contributed by atoms with Gasteiger partial charge >= 0.3 is 0 Å². The second-order valence-electron chi connectivity index (χ2n) is 2.13. The molecule has 0 saturated carbocycles. The molecular weight excluding hydrogens is 162 g/mol. The molecule has 4 heteroatoms. The lowest BCUT2D eigenvalue weighted by atomic mass is 10.6. The Morgan fingerprint density at radius 1 is 1.64 bits per heavy atom. The average molecular weight is 177 g/mol. The number of rotatable bonds is 6. The maximum absolute atomic E-state index is 10.8. The Hall–Kier alpha value is -0.220. The number of carbonyl (C=O) groups excluding carboxylic acids is 1. The maximum atomic E-state index is 10.8. The second-order valence-corrected chi connectivity index (χ2v) is 3.23. The van der Waals surface area contributed by atoms with Crippen LogP contribution in [0.3, 0.4) is 0 Å². The van der Waals surface area contributed by atoms with Crippen LogP contribution in [0.5, 0.6) is 0 Å². The van der Waals surface area contributed by atoms with E-state index in [1.54, 1.807) is 11.8 Å². The summed E-state index contributed by atoms with van der Waals surface area (Å²) in [6.07, 6.45) is 1.10. The van der Waals surface area contributed by atoms with Gasteiger partial charge in [0.05, 0.1) is 12.4 Å². The minimum absolute atomic E-state index is 0.0116. The fourth-order valence-corrected chi connectivity index (χ4v) is 1.28. The molecular formula is C7H15NO2S. The Labute approximate surface area is 71.6 Å². The summed E-state index contributed by atoms with van der Waals surface area (Å²) in [6, 6.07) is 0. The molecule has 0 atom stereocenters. The van der Waals surface area contributed by atoms with E-state index in [1.165, 1.54) is 0 Å². The minimum Gasteiger partial charge on any atom is -0.395 e. The number of hydrogen-bond acceptors (Lipinski definition) is 3. The van der Waals surface area contributed by atoms with E-state index in [0.29, 0.717) is 12.3 Å². The third-order valence-corrected chi connectivity index (χ3v) is 2.18. The highest BCUT2D eigenvalue weighted by atomic mass is 32.2. The van der Waals surface area contributed by atoms with E-state index in [1.807, 2.05) is 0 Å². The van der Waals surface area contributed by atoms with Crippen LogP contribution in [0.4, 0.5) is 0 Å². The van der Waals surface area contributed by atoms with Crippen molar-refractivity contribution >= 4 is 17.7 Å². The van der Waals surface area contributed by atoms with Gasteiger partial charge in [-0.15, -0.1) is 0 Å². The Kier molecular flexibility index (Phi) is 7.72. The third-order valence-electron chi connectivity index (χ3n) is 1.02. The summed E-state index contributed by atoms with van der Waals surface area (Å²) < 4.78 is 0. The molecule has 0 aromatic rings. The molecule has 0 aliphatic carbocycles. The summed E-state index contributed by atoms with van der Waals surface area (Å²) in [7, 11) is 0. The summed E-state index contributed by atoms with van der Waals surface area (Å²) in [6.45, 7) is 2.47. The van der Waals surface area contributed by atoms with Crippen LogP contribution < -0.4 is 5.32 Å². The summed E-state index contributed by atoms with van der Waals surface area (Å²) in [5, 5.41) is 10.9. The molecule has 0 aliphatic heterocycles. The number of thioether (sulfide) groups is 1. The number of aliphatic hydroxyl groups excluding tert-OH is 1. The number of aliphatic hydroxyl groups is 1. The predicted octanol–water partition coefficient (Wildman–Crippen LogP) is 0.238. The van der Waals surface area contributed by atoms with Gasteiger partial charge in [-0.2, -0.15) is 11.8 Å². The largest absolute Gasteiger partial charge is 0.395 e. The van der Waals surface area contributed by atoms with Crippen LogP contribution in [-0.2, 0) is 4.79 Å². The van der Waals surface area contributed by atoms with Crippen molar-refractivity contribution < 1.29 is 9.90 Å². The third kappa shape index (κ3) is 7.68. The van der Waals surface area contributed by atoms with Gasteiger partial charge in [-0.25, -0.2) is 0 Å². The van der Waals surface area contributed by atoms with Crippen LogP contribution >= 0.6 is 11.8 Å². The van der Waals surface area contributed by atoms with Crippen LogP contribution in [0.1, 0.15) is 13.3 Å². The van der Waals surface area contributed by atoms with Crippen molar-refractivity contribution in [3.05, 3.63) is 0 Å². The number of nitrogens with one attached hydrogen (secondary N) is 1. The fraction of sp³-hybridized carbons (Fsp3) is 0.857. The van der Waals surface area contributed by atoms with E-state index < -0.39 is 0 Å². The highest BCUT2D eigenvalue weighted by Crippen LogP contribution is 2.00. The quantitative estimate of drug-likeness (QED) is 0.571. The lowest BCUT2D eigenvalue weighted by Gasteiger charge is -2.01. The molecule has 0 aromatic carbocycles. The Bertz CT molecular complexity index is 109. The maximum Gasteiger partial charge on any atom is 0.230 e. The molecule has 0 heterocycles. The average Bonchev–Trinajstić information content (AvgIpc) is 2.01. The summed E-state index contributed by atoms with van der Waals surface area (Å²) in [4.78, 5) is 10.8. The Morgan fingerprint density at radius 3 is 2.91 bits per heavy atom. The van der Waals surface area contributed by atoms with Gasteiger partial charge in [0, 0.05) is 6.54 Å². The monoisotopic (exact) mass is 177 g/mol. The standard InChI is InChI=1S/C7H15NO2S/c1-2-5-11-6-7(10)8-3-4-9/h9H,2-6H2,1H3,(H,8,10). The first kappa shape index (κ1) is 10.8. The van der Waals surface area contributed by atoms with Crippen LogP contribution in [-0.4, -0.2) is 35.7 Å². The second kappa shape index (κ2) is 7.88.